The summed E-state index contributed by atoms with van der Waals surface area (Å²) >= 11 is 0. The van der Waals surface area contributed by atoms with Gasteiger partial charge < -0.3 is 40.5 Å². The van der Waals surface area contributed by atoms with E-state index in [9.17, 15) is 38.4 Å². The number of imide groups is 1. The molecule has 2 saturated carbocycles. The van der Waals surface area contributed by atoms with Crippen molar-refractivity contribution in [3.05, 3.63) is 77.9 Å². The van der Waals surface area contributed by atoms with E-state index in [2.05, 4.69) is 26.2 Å². The minimum Gasteiger partial charge on any atom is -0.379 e. The molecule has 2 bridgehead atoms. The minimum atomic E-state index is -0.967. The second-order valence-electron chi connectivity index (χ2n) is 23.1. The Labute approximate surface area is 461 Å². The zero-order valence-electron chi connectivity index (χ0n) is 47.4. The molecule has 4 fully saturated rings. The largest absolute Gasteiger partial charge is 0.379 e. The molecule has 0 unspecified atom stereocenters. The van der Waals surface area contributed by atoms with Crippen LogP contribution in [0.1, 0.15) is 116 Å². The van der Waals surface area contributed by atoms with Crippen molar-refractivity contribution in [2.45, 2.75) is 167 Å². The van der Waals surface area contributed by atoms with Crippen molar-refractivity contribution in [2.75, 3.05) is 46.7 Å². The quantitative estimate of drug-likeness (QED) is 0.0944. The number of piperidine rings is 1. The van der Waals surface area contributed by atoms with Crippen molar-refractivity contribution in [1.29, 1.82) is 0 Å². The molecule has 3 aliphatic heterocycles. The first-order chi connectivity index (χ1) is 37.3. The Bertz CT molecular complexity index is 2440. The molecule has 0 radical (unpaired) electrons. The van der Waals surface area contributed by atoms with Gasteiger partial charge >= 0.3 is 0 Å². The van der Waals surface area contributed by atoms with Crippen LogP contribution in [0.4, 0.5) is 5.69 Å². The molecule has 78 heavy (non-hydrogen) atoms. The maximum atomic E-state index is 14.6. The third-order valence-corrected chi connectivity index (χ3v) is 17.8. The van der Waals surface area contributed by atoms with Crippen LogP contribution in [-0.2, 0) is 60.8 Å². The molecule has 11 atom stereocenters. The molecule has 18 nitrogen and oxygen atoms in total. The molecule has 5 aliphatic rings. The number of benzene rings is 2. The molecule has 4 N–H and O–H groups in total. The average Bonchev–Trinajstić information content (AvgIpc) is 4.28. The maximum absolute atomic E-state index is 14.6. The van der Waals surface area contributed by atoms with Crippen molar-refractivity contribution in [1.82, 2.24) is 35.6 Å². The summed E-state index contributed by atoms with van der Waals surface area (Å²) < 4.78 is 12.2. The molecule has 2 saturated heterocycles. The predicted octanol–water partition coefficient (Wildman–Crippen LogP) is 5.24. The van der Waals surface area contributed by atoms with E-state index in [-0.39, 0.29) is 83.9 Å². The van der Waals surface area contributed by atoms with E-state index in [0.29, 0.717) is 63.5 Å². The number of carbonyl (C=O) groups excluding carboxylic acids is 8. The lowest BCUT2D eigenvalue weighted by Crippen LogP contribution is -2.60. The van der Waals surface area contributed by atoms with Crippen molar-refractivity contribution in [2.24, 2.45) is 35.5 Å². The van der Waals surface area contributed by atoms with Gasteiger partial charge in [-0.1, -0.05) is 83.5 Å². The highest BCUT2D eigenvalue weighted by Gasteiger charge is 2.49. The second-order valence-corrected chi connectivity index (χ2v) is 23.1. The molecule has 7 rings (SSSR count). The van der Waals surface area contributed by atoms with Gasteiger partial charge in [0.05, 0.1) is 42.7 Å². The molecule has 0 aromatic heterocycles. The molecule has 2 aromatic rings. The van der Waals surface area contributed by atoms with Gasteiger partial charge in [0.1, 0.15) is 12.1 Å². The molecular formula is C60H86N8O10. The third-order valence-electron chi connectivity index (χ3n) is 17.8. The average molecular weight is 1080 g/mol. The summed E-state index contributed by atoms with van der Waals surface area (Å²) in [6.07, 6.45) is 9.38. The number of hydrogen-bond acceptors (Lipinski definition) is 11. The molecule has 3 heterocycles. The van der Waals surface area contributed by atoms with Crippen molar-refractivity contribution >= 4 is 52.9 Å². The van der Waals surface area contributed by atoms with Crippen LogP contribution in [0, 0.1) is 35.5 Å². The summed E-state index contributed by atoms with van der Waals surface area (Å²) in [4.78, 5) is 115. The van der Waals surface area contributed by atoms with E-state index in [4.69, 9.17) is 9.47 Å². The van der Waals surface area contributed by atoms with Gasteiger partial charge in [0.25, 0.3) is 11.8 Å². The Balaban J connectivity index is 0.946. The van der Waals surface area contributed by atoms with E-state index in [1.165, 1.54) is 24.2 Å². The summed E-state index contributed by atoms with van der Waals surface area (Å²) in [5.74, 6) is -2.66. The third kappa shape index (κ3) is 14.2. The van der Waals surface area contributed by atoms with E-state index >= 15 is 0 Å². The Morgan fingerprint density at radius 3 is 2.06 bits per heavy atom. The fourth-order valence-corrected chi connectivity index (χ4v) is 13.0. The number of methoxy groups -OCH3 is 2. The van der Waals surface area contributed by atoms with E-state index < -0.39 is 54.1 Å². The summed E-state index contributed by atoms with van der Waals surface area (Å²) in [6, 6.07) is 14.1. The Hall–Kier alpha value is -5.98. The normalized spacial score (nSPS) is 24.8. The zero-order valence-corrected chi connectivity index (χ0v) is 47.4. The van der Waals surface area contributed by atoms with Gasteiger partial charge in [0.15, 0.2) is 0 Å². The Morgan fingerprint density at radius 2 is 1.46 bits per heavy atom. The smallest absolute Gasteiger partial charge is 0.253 e. The van der Waals surface area contributed by atoms with Crippen molar-refractivity contribution < 1.29 is 47.8 Å². The molecule has 8 amide bonds. The van der Waals surface area contributed by atoms with Crippen LogP contribution >= 0.6 is 0 Å². The predicted molar refractivity (Wildman–Crippen MR) is 296 cm³/mol. The van der Waals surface area contributed by atoms with Crippen LogP contribution < -0.4 is 21.3 Å². The summed E-state index contributed by atoms with van der Waals surface area (Å²) in [7, 11) is 6.84. The number of carbonyl (C=O) groups is 8. The minimum absolute atomic E-state index is 0.0181. The van der Waals surface area contributed by atoms with Crippen LogP contribution in [0.25, 0.3) is 0 Å². The molecular weight excluding hydrogens is 993 g/mol. The number of likely N-dealkylation sites (N-methyl/N-ethyl adjacent to an activating group) is 2. The monoisotopic (exact) mass is 1080 g/mol. The van der Waals surface area contributed by atoms with Gasteiger partial charge in [0, 0.05) is 77.1 Å². The lowest BCUT2D eigenvalue weighted by molar-refractivity contribution is -0.148. The first kappa shape index (κ1) is 59.7. The fraction of sp³-hybridized carbons (Fsp3) is 0.633. The first-order valence-electron chi connectivity index (χ1n) is 28.5. The van der Waals surface area contributed by atoms with Gasteiger partial charge in [-0.05, 0) is 112 Å². The molecule has 18 heteroatoms. The summed E-state index contributed by atoms with van der Waals surface area (Å²) in [5.41, 5.74) is 2.20. The highest BCUT2D eigenvalue weighted by Crippen LogP contribution is 2.41. The maximum Gasteiger partial charge on any atom is 0.253 e. The Morgan fingerprint density at radius 1 is 0.782 bits per heavy atom. The number of anilines is 1. The lowest BCUT2D eigenvalue weighted by atomic mass is 9.81. The van der Waals surface area contributed by atoms with Crippen LogP contribution in [0.3, 0.4) is 0 Å². The van der Waals surface area contributed by atoms with Gasteiger partial charge in [-0.15, -0.1) is 0 Å². The van der Waals surface area contributed by atoms with Crippen LogP contribution in [0.5, 0.6) is 0 Å². The first-order valence-corrected chi connectivity index (χ1v) is 28.5. The number of ether oxygens (including phenoxy) is 2. The van der Waals surface area contributed by atoms with Crippen LogP contribution in [0.2, 0.25) is 0 Å². The van der Waals surface area contributed by atoms with Crippen molar-refractivity contribution in [3.63, 3.8) is 0 Å². The van der Waals surface area contributed by atoms with Gasteiger partial charge in [-0.25, -0.2) is 0 Å². The lowest BCUT2D eigenvalue weighted by Gasteiger charge is -2.41. The molecule has 0 spiro atoms. The second kappa shape index (κ2) is 27.3. The summed E-state index contributed by atoms with van der Waals surface area (Å²) in [5, 5.41) is 12.2. The topological polar surface area (TPSA) is 216 Å². The number of fused-ring (bicyclic) bond motifs is 2. The number of rotatable bonds is 25. The molecule has 426 valence electrons. The van der Waals surface area contributed by atoms with E-state index in [1.54, 1.807) is 43.0 Å². The van der Waals surface area contributed by atoms with Gasteiger partial charge in [0.2, 0.25) is 35.4 Å². The SMILES string of the molecule is CC[C@H](C)[C@@H]([C@@H](CC(=O)N1CCC[C@H]1[C@H](OC)[C@@H](C)C(=O)N[C@@H](Cc1ccccc1)C(=O)Nc1ccc(CNC(=O)C2CCC(CN3C(=O)C=CC3=O)CC2)cc1)OC)N(C)C(=O)[C@@H](NC(=O)[C@@H]1[C@H]2CC[C@@H](C2)N1C)C(C)C. The molecule has 2 aliphatic carbocycles. The molecule has 2 aromatic carbocycles. The number of likely N-dealkylation sites (tertiary alicyclic amines) is 2. The van der Waals surface area contributed by atoms with Crippen LogP contribution in [0.15, 0.2) is 66.7 Å². The highest BCUT2D eigenvalue weighted by molar-refractivity contribution is 6.12. The van der Waals surface area contributed by atoms with Gasteiger partial charge in [-0.2, -0.15) is 0 Å². The van der Waals surface area contributed by atoms with Crippen molar-refractivity contribution in [3.8, 4) is 0 Å². The highest BCUT2D eigenvalue weighted by atomic mass is 16.5. The van der Waals surface area contributed by atoms with E-state index in [1.807, 2.05) is 77.2 Å². The zero-order chi connectivity index (χ0) is 56.4. The number of nitrogens with zero attached hydrogens (tertiary/aromatic N) is 4. The van der Waals surface area contributed by atoms with Crippen LogP contribution in [-0.4, -0.2) is 157 Å². The van der Waals surface area contributed by atoms with E-state index in [0.717, 1.165) is 43.2 Å². The number of nitrogens with one attached hydrogen (secondary N) is 4. The number of hydrogen-bond donors (Lipinski definition) is 4. The van der Waals surface area contributed by atoms with Gasteiger partial charge in [-0.3, -0.25) is 48.2 Å². The fourth-order valence-electron chi connectivity index (χ4n) is 13.0. The Kier molecular flexibility index (Phi) is 20.9. The standard InChI is InChI=1S/C60H86N8O10/c1-10-37(4)53(66(7)60(76)52(36(2)3)64-59(75)54-43-24-27-45(32-43)65(54)6)48(77-8)33-51(71)67-30-14-17-47(67)55(78-9)38(5)56(72)63-46(31-39-15-12-11-13-16-39)58(74)62-44-25-20-40(21-26-44)34-61-57(73)42-22-18-41(19-23-42)35-68-49(69)28-29-50(68)70/h11-13,15-16,20-21,25-26,28-29,36-38,41-43,45-48,52-55H,10,14,17-19,22-24,27,30-35H2,1-9H3,(H,61,73)(H,62,74)(H,63,72)(H,64,75)/t37-,38+,41?,42?,43-,45-,46-,47-,48+,52-,53-,54-,55+/m0/s1. The number of amides is 8. The summed E-state index contributed by atoms with van der Waals surface area (Å²) in [6.45, 7) is 10.8.